The molecule has 0 amide bonds. The van der Waals surface area contributed by atoms with Gasteiger partial charge in [-0.1, -0.05) is 131 Å². The maximum Gasteiger partial charge on any atom is 0.339 e. The number of esters is 2. The van der Waals surface area contributed by atoms with E-state index < -0.39 is 29.0 Å². The number of nitrogen functional groups attached to an aromatic ring is 1. The number of nitrogens with one attached hydrogen (secondary N) is 3. The number of benzene rings is 4. The van der Waals surface area contributed by atoms with Gasteiger partial charge in [0.2, 0.25) is 5.88 Å². The highest BCUT2D eigenvalue weighted by Gasteiger charge is 2.28. The van der Waals surface area contributed by atoms with Gasteiger partial charge in [-0.3, -0.25) is 29.2 Å². The fourth-order valence-corrected chi connectivity index (χ4v) is 10.6. The summed E-state index contributed by atoms with van der Waals surface area (Å²) in [4.78, 5) is 80.7. The molecule has 7 heterocycles. The molecule has 109 heavy (non-hydrogen) atoms. The average Bonchev–Trinajstić information content (AvgIpc) is 1.66. The second kappa shape index (κ2) is 51.9. The number of nitrogens with two attached hydrogens (primary N) is 2. The quantitative estimate of drug-likeness (QED) is 0.00544. The van der Waals surface area contributed by atoms with Crippen LogP contribution in [0.1, 0.15) is 66.1 Å². The summed E-state index contributed by atoms with van der Waals surface area (Å²) in [6.45, 7) is 27.4. The largest absolute Gasteiger partial charge is 0.493 e. The first-order valence-corrected chi connectivity index (χ1v) is 39.3. The standard InChI is InChI=1S/C14H14ClN3.C13H9ClIN3.C13H10ClN3.C10H16O4.C7H6Cl2N2.C7H8N2O2.C7H9N.C2H4O2.CH4N2.Cl3OP/c1-3-5-12-13(15)16-9-17-14(12)18-11-7-4-6-10(2)8-11;1-8-3-2-4-9(5-8)18-6-10(15)11-12(14)16-7-17-13(11)18;1-9-3-2-4-10(7-9)17-6-5-11-12(14)15-8-16-13(11)17;1-4-7-8(9(11)13-5-2)10(12)14-6-3;1-2-3-5-6(8)10-4-11-7(5)9;1-2-3-5-6(10)8-4-9-7(5)11;1-6-3-2-4-7(8)5-6;1-2(3)4;2-1-3;1-5(2,3)4/h3-4,6-9H,1,5H2,2H3,(H,16,17,18);2-7H,1H3;2-8H,1H3;4,8H,1,5-7H2,2-3H3;2,4H,1,3H2;2,4H,1,3H2,(H2,8,9,10,11);2-5H,8H2,1H3;1H3,(H,3,4);1H,(H3,2,3);. The van der Waals surface area contributed by atoms with E-state index in [0.29, 0.717) is 45.0 Å². The lowest BCUT2D eigenvalue weighted by molar-refractivity contribution is -0.161. The number of hydrogen-bond donors (Lipinski definition) is 7. The molecule has 4 aromatic carbocycles. The van der Waals surface area contributed by atoms with E-state index in [1.165, 1.54) is 59.7 Å². The molecule has 7 aromatic heterocycles. The number of fused-ring (bicyclic) bond motifs is 2. The summed E-state index contributed by atoms with van der Waals surface area (Å²) < 4.78 is 24.1. The lowest BCUT2D eigenvalue weighted by atomic mass is 10.1. The molecule has 0 saturated heterocycles. The maximum atomic E-state index is 11.3. The Labute approximate surface area is 684 Å². The number of carboxylic acids is 1. The van der Waals surface area contributed by atoms with Gasteiger partial charge < -0.3 is 50.6 Å². The second-order valence-corrected chi connectivity index (χ2v) is 31.1. The van der Waals surface area contributed by atoms with E-state index in [1.54, 1.807) is 26.0 Å². The minimum absolute atomic E-state index is 0.228. The number of ether oxygens (including phenoxy) is 2. The van der Waals surface area contributed by atoms with E-state index in [2.05, 4.69) is 188 Å². The van der Waals surface area contributed by atoms with Gasteiger partial charge in [-0.2, -0.15) is 0 Å². The number of nitrogens with zero attached hydrogens (tertiary/aromatic N) is 11. The van der Waals surface area contributed by atoms with Crippen molar-refractivity contribution in [1.82, 2.24) is 59.0 Å². The topological polar surface area (TPSA) is 374 Å². The minimum atomic E-state index is -3.22. The number of H-pyrrole nitrogens is 1. The molecule has 0 aliphatic heterocycles. The van der Waals surface area contributed by atoms with Gasteiger partial charge in [0.25, 0.3) is 11.5 Å². The van der Waals surface area contributed by atoms with Gasteiger partial charge in [0.05, 0.1) is 42.2 Å². The predicted molar refractivity (Wildman–Crippen MR) is 450 cm³/mol. The molecule has 0 atom stereocenters. The Balaban J connectivity index is 0.000000426. The van der Waals surface area contributed by atoms with E-state index in [-0.39, 0.29) is 36.6 Å². The first kappa shape index (κ1) is 95.8. The third-order valence-corrected chi connectivity index (χ3v) is 15.4. The van der Waals surface area contributed by atoms with Crippen molar-refractivity contribution in [2.24, 2.45) is 11.7 Å². The van der Waals surface area contributed by atoms with Crippen LogP contribution in [-0.4, -0.2) is 107 Å². The van der Waals surface area contributed by atoms with Crippen molar-refractivity contribution in [3.8, 4) is 17.3 Å². The third-order valence-electron chi connectivity index (χ3n) is 13.1. The molecule has 35 heteroatoms. The summed E-state index contributed by atoms with van der Waals surface area (Å²) in [5.74, 6) is -2.31. The maximum absolute atomic E-state index is 11.3. The number of aromatic hydroxyl groups is 1. The van der Waals surface area contributed by atoms with Crippen molar-refractivity contribution in [3.05, 3.63) is 276 Å². The highest BCUT2D eigenvalue weighted by atomic mass is 127. The number of carbonyl (C=O) groups excluding carboxylic acids is 2. The number of aryl methyl sites for hydroxylation is 4. The molecule has 25 nitrogen and oxygen atoms in total. The fourth-order valence-electron chi connectivity index (χ4n) is 8.59. The van der Waals surface area contributed by atoms with Crippen molar-refractivity contribution in [1.29, 1.82) is 5.41 Å². The summed E-state index contributed by atoms with van der Waals surface area (Å²) in [6, 6.07) is 34.3. The molecule has 0 unspecified atom stereocenters. The number of halogens is 9. The van der Waals surface area contributed by atoms with Crippen LogP contribution >= 0.6 is 120 Å². The van der Waals surface area contributed by atoms with E-state index in [4.69, 9.17) is 93.6 Å². The van der Waals surface area contributed by atoms with Crippen LogP contribution in [0.2, 0.25) is 25.8 Å². The van der Waals surface area contributed by atoms with Crippen molar-refractivity contribution < 1.29 is 38.6 Å². The van der Waals surface area contributed by atoms with Crippen LogP contribution in [0.4, 0.5) is 17.2 Å². The van der Waals surface area contributed by atoms with Gasteiger partial charge in [-0.25, -0.2) is 44.9 Å². The van der Waals surface area contributed by atoms with Crippen LogP contribution in [0, 0.1) is 42.6 Å². The van der Waals surface area contributed by atoms with Crippen LogP contribution in [-0.2, 0) is 47.7 Å². The number of carboxylic acid groups (broad SMARTS) is 1. The normalized spacial score (nSPS) is 9.92. The van der Waals surface area contributed by atoms with Crippen molar-refractivity contribution >= 4 is 183 Å². The molecule has 11 rings (SSSR count). The Morgan fingerprint density at radius 3 is 1.53 bits per heavy atom. The van der Waals surface area contributed by atoms with E-state index >= 15 is 0 Å². The Bertz CT molecular complexity index is 4830. The zero-order valence-corrected chi connectivity index (χ0v) is 69.2. The molecule has 11 aromatic rings. The zero-order chi connectivity index (χ0) is 81.8. The van der Waals surface area contributed by atoms with Crippen molar-refractivity contribution in [3.63, 3.8) is 0 Å². The first-order chi connectivity index (χ1) is 51.7. The van der Waals surface area contributed by atoms with Gasteiger partial charge in [0.15, 0.2) is 11.6 Å². The smallest absolute Gasteiger partial charge is 0.339 e. The average molecular weight is 1780 g/mol. The molecule has 0 spiro atoms. The number of aromatic amines is 1. The van der Waals surface area contributed by atoms with E-state index in [9.17, 15) is 18.9 Å². The van der Waals surface area contributed by atoms with Crippen molar-refractivity contribution in [2.45, 2.75) is 74.1 Å². The summed E-state index contributed by atoms with van der Waals surface area (Å²) in [5.41, 5.74) is 21.8. The minimum Gasteiger partial charge on any atom is -0.493 e. The third kappa shape index (κ3) is 36.2. The number of carbonyl (C=O) groups is 3. The highest BCUT2D eigenvalue weighted by Crippen LogP contribution is 2.61. The number of allylic oxidation sites excluding steroid dienone is 4. The molecule has 0 saturated carbocycles. The zero-order valence-electron chi connectivity index (χ0n) is 60.1. The first-order valence-electron chi connectivity index (χ1n) is 31.9. The Morgan fingerprint density at radius 2 is 1.06 bits per heavy atom. The van der Waals surface area contributed by atoms with Gasteiger partial charge in [0.1, 0.15) is 62.5 Å². The lowest BCUT2D eigenvalue weighted by Crippen LogP contribution is -2.27. The highest BCUT2D eigenvalue weighted by molar-refractivity contribution is 14.1. The molecular formula is C74H80Cl8IN16O9P. The predicted octanol–water partition coefficient (Wildman–Crippen LogP) is 19.3. The van der Waals surface area contributed by atoms with Crippen LogP contribution < -0.4 is 22.3 Å². The molecule has 0 bridgehead atoms. The summed E-state index contributed by atoms with van der Waals surface area (Å²) in [7, 11) is 0. The number of rotatable bonds is 16. The van der Waals surface area contributed by atoms with Crippen LogP contribution in [0.25, 0.3) is 33.4 Å². The Kier molecular flexibility index (Phi) is 45.6. The number of aromatic nitrogens is 12. The fraction of sp³-hybridized carbons (Fsp3) is 0.189. The van der Waals surface area contributed by atoms with Gasteiger partial charge in [-0.15, -0.1) is 26.3 Å². The van der Waals surface area contributed by atoms with Gasteiger partial charge >= 0.3 is 17.1 Å². The Morgan fingerprint density at radius 1 is 0.633 bits per heavy atom. The monoisotopic (exact) mass is 1770 g/mol. The van der Waals surface area contributed by atoms with Crippen molar-refractivity contribution in [2.75, 3.05) is 24.3 Å². The molecule has 0 aliphatic carbocycles. The van der Waals surface area contributed by atoms with Crippen LogP contribution in [0.3, 0.4) is 0 Å². The molecule has 9 N–H and O–H groups in total. The second-order valence-electron chi connectivity index (χ2n) is 21.5. The van der Waals surface area contributed by atoms with Gasteiger partial charge in [0, 0.05) is 63.2 Å². The van der Waals surface area contributed by atoms with Crippen LogP contribution in [0.5, 0.6) is 5.88 Å². The Hall–Kier alpha value is -9.32. The van der Waals surface area contributed by atoms with Crippen LogP contribution in [0.15, 0.2) is 203 Å². The SMILES string of the molecule is C=CCC(C(=O)OCC)C(=O)OCC.C=CCc1c(Cl)ncnc1Cl.C=CCc1c(Cl)ncnc1Nc1cccc(C)c1.C=CCc1c(O)nc[nH]c1=O.CC(=O)O.Cc1cccc(-n2cc(I)c3c(Cl)ncnc32)c1.Cc1cccc(-n2ccc3c(Cl)ncnc32)c1.Cc1cccc(N)c1.N=CN.O=P(Cl)(Cl)Cl. The van der Waals surface area contributed by atoms with E-state index in [1.807, 2.05) is 108 Å². The summed E-state index contributed by atoms with van der Waals surface area (Å²) >= 11 is 45.8. The number of anilines is 3. The molecule has 578 valence electrons. The summed E-state index contributed by atoms with van der Waals surface area (Å²) in [5, 5.41) is 26.4. The van der Waals surface area contributed by atoms with Gasteiger partial charge in [-0.05, 0) is 194 Å². The number of aliphatic carboxylic acids is 1. The molecule has 0 aliphatic rings. The molecule has 0 radical (unpaired) electrons. The lowest BCUT2D eigenvalue weighted by Gasteiger charge is -2.11. The summed E-state index contributed by atoms with van der Waals surface area (Å²) in [6.07, 6.45) is 20.0. The van der Waals surface area contributed by atoms with E-state index in [0.717, 1.165) is 84.9 Å². The molecular weight excluding hydrogens is 1700 g/mol. The number of hydrogen-bond acceptors (Lipinski definition) is 20. The molecule has 0 fully saturated rings.